The van der Waals surface area contributed by atoms with Gasteiger partial charge in [-0.25, -0.2) is 0 Å². The van der Waals surface area contributed by atoms with Crippen molar-refractivity contribution in [3.63, 3.8) is 0 Å². The molecule has 1 amide bonds. The van der Waals surface area contributed by atoms with E-state index in [4.69, 9.17) is 0 Å². The second kappa shape index (κ2) is 8.76. The van der Waals surface area contributed by atoms with Crippen LogP contribution in [0, 0.1) is 3.57 Å². The minimum absolute atomic E-state index is 0.309. The minimum atomic E-state index is 0.309. The normalized spacial score (nSPS) is 15.0. The molecular weight excluding hydrogens is 373 g/mol. The summed E-state index contributed by atoms with van der Waals surface area (Å²) in [5.74, 6) is 0.309. The SMILES string of the molecule is CCCCCCCCN1C(=O)CCCc2cc(I)ccc21. The van der Waals surface area contributed by atoms with Gasteiger partial charge >= 0.3 is 0 Å². The van der Waals surface area contributed by atoms with E-state index in [-0.39, 0.29) is 0 Å². The molecule has 116 valence electrons. The fraction of sp³-hybridized carbons (Fsp3) is 0.611. The third kappa shape index (κ3) is 4.97. The molecule has 3 heteroatoms. The molecule has 1 heterocycles. The Morgan fingerprint density at radius 2 is 1.86 bits per heavy atom. The molecule has 1 aliphatic heterocycles. The number of aryl methyl sites for hydroxylation is 1. The summed E-state index contributed by atoms with van der Waals surface area (Å²) in [6, 6.07) is 6.49. The largest absolute Gasteiger partial charge is 0.312 e. The highest BCUT2D eigenvalue weighted by Crippen LogP contribution is 2.29. The molecule has 0 saturated carbocycles. The number of hydrogen-bond acceptors (Lipinski definition) is 1. The standard InChI is InChI=1S/C18H26INO/c1-2-3-4-5-6-7-13-20-17-12-11-16(19)14-15(17)9-8-10-18(20)21/h11-12,14H,2-10,13H2,1H3. The molecule has 21 heavy (non-hydrogen) atoms. The highest BCUT2D eigenvalue weighted by Gasteiger charge is 2.21. The Bertz CT molecular complexity index is 472. The van der Waals surface area contributed by atoms with E-state index in [1.165, 1.54) is 41.2 Å². The predicted molar refractivity (Wildman–Crippen MR) is 97.8 cm³/mol. The van der Waals surface area contributed by atoms with Crippen molar-refractivity contribution < 1.29 is 4.79 Å². The number of unbranched alkanes of at least 4 members (excludes halogenated alkanes) is 5. The van der Waals surface area contributed by atoms with Crippen LogP contribution >= 0.6 is 22.6 Å². The Kier molecular flexibility index (Phi) is 7.00. The number of hydrogen-bond donors (Lipinski definition) is 0. The molecular formula is C18H26INO. The second-order valence-corrected chi connectivity index (χ2v) is 7.19. The minimum Gasteiger partial charge on any atom is -0.312 e. The van der Waals surface area contributed by atoms with Crippen LogP contribution in [0.4, 0.5) is 5.69 Å². The molecule has 0 unspecified atom stereocenters. The van der Waals surface area contributed by atoms with Gasteiger partial charge in [0.15, 0.2) is 0 Å². The van der Waals surface area contributed by atoms with E-state index in [1.54, 1.807) is 0 Å². The van der Waals surface area contributed by atoms with Gasteiger partial charge in [-0.2, -0.15) is 0 Å². The molecule has 0 spiro atoms. The number of anilines is 1. The van der Waals surface area contributed by atoms with E-state index >= 15 is 0 Å². The molecule has 1 aliphatic rings. The van der Waals surface area contributed by atoms with Crippen LogP contribution in [0.15, 0.2) is 18.2 Å². The fourth-order valence-electron chi connectivity index (χ4n) is 3.01. The summed E-state index contributed by atoms with van der Waals surface area (Å²) in [5, 5.41) is 0. The van der Waals surface area contributed by atoms with Crippen molar-refractivity contribution in [2.24, 2.45) is 0 Å². The predicted octanol–water partition coefficient (Wildman–Crippen LogP) is 5.32. The molecule has 0 radical (unpaired) electrons. The van der Waals surface area contributed by atoms with E-state index in [9.17, 15) is 4.79 Å². The summed E-state index contributed by atoms with van der Waals surface area (Å²) < 4.78 is 1.26. The summed E-state index contributed by atoms with van der Waals surface area (Å²) in [5.41, 5.74) is 2.50. The van der Waals surface area contributed by atoms with E-state index in [0.29, 0.717) is 12.3 Å². The lowest BCUT2D eigenvalue weighted by Crippen LogP contribution is -2.31. The third-order valence-electron chi connectivity index (χ3n) is 4.21. The topological polar surface area (TPSA) is 20.3 Å². The van der Waals surface area contributed by atoms with Gasteiger partial charge in [-0.3, -0.25) is 4.79 Å². The zero-order chi connectivity index (χ0) is 15.1. The van der Waals surface area contributed by atoms with Crippen LogP contribution < -0.4 is 4.90 Å². The maximum atomic E-state index is 12.4. The monoisotopic (exact) mass is 399 g/mol. The first-order valence-electron chi connectivity index (χ1n) is 8.31. The molecule has 0 saturated heterocycles. The molecule has 0 fully saturated rings. The quantitative estimate of drug-likeness (QED) is 0.449. The molecule has 2 nitrogen and oxygen atoms in total. The van der Waals surface area contributed by atoms with Gasteiger partial charge in [0.25, 0.3) is 0 Å². The van der Waals surface area contributed by atoms with E-state index in [0.717, 1.165) is 31.5 Å². The Morgan fingerprint density at radius 3 is 2.67 bits per heavy atom. The van der Waals surface area contributed by atoms with E-state index in [2.05, 4.69) is 47.7 Å². The molecule has 1 aromatic carbocycles. The molecule has 0 aliphatic carbocycles. The maximum Gasteiger partial charge on any atom is 0.226 e. The van der Waals surface area contributed by atoms with Crippen LogP contribution in [0.2, 0.25) is 0 Å². The first-order chi connectivity index (χ1) is 10.2. The Labute approximate surface area is 142 Å². The van der Waals surface area contributed by atoms with Crippen molar-refractivity contribution >= 4 is 34.2 Å². The van der Waals surface area contributed by atoms with E-state index in [1.807, 2.05) is 4.90 Å². The Balaban J connectivity index is 1.95. The van der Waals surface area contributed by atoms with Crippen LogP contribution in [0.25, 0.3) is 0 Å². The summed E-state index contributed by atoms with van der Waals surface area (Å²) >= 11 is 2.35. The summed E-state index contributed by atoms with van der Waals surface area (Å²) in [7, 11) is 0. The Hall–Kier alpha value is -0.580. The smallest absolute Gasteiger partial charge is 0.226 e. The lowest BCUT2D eigenvalue weighted by molar-refractivity contribution is -0.118. The van der Waals surface area contributed by atoms with Crippen molar-refractivity contribution in [2.45, 2.75) is 64.7 Å². The number of amides is 1. The van der Waals surface area contributed by atoms with Crippen molar-refractivity contribution in [3.8, 4) is 0 Å². The van der Waals surface area contributed by atoms with Crippen molar-refractivity contribution in [1.82, 2.24) is 0 Å². The molecule has 0 aromatic heterocycles. The molecule has 1 aromatic rings. The van der Waals surface area contributed by atoms with Gasteiger partial charge in [0.2, 0.25) is 5.91 Å². The number of carbonyl (C=O) groups excluding carboxylic acids is 1. The number of carbonyl (C=O) groups is 1. The van der Waals surface area contributed by atoms with Crippen molar-refractivity contribution in [3.05, 3.63) is 27.3 Å². The van der Waals surface area contributed by atoms with Gasteiger partial charge in [-0.1, -0.05) is 39.0 Å². The van der Waals surface area contributed by atoms with Gasteiger partial charge < -0.3 is 4.90 Å². The van der Waals surface area contributed by atoms with Gasteiger partial charge in [-0.05, 0) is 65.6 Å². The van der Waals surface area contributed by atoms with Crippen LogP contribution in [0.1, 0.15) is 63.9 Å². The second-order valence-electron chi connectivity index (χ2n) is 5.94. The molecule has 0 bridgehead atoms. The number of benzene rings is 1. The van der Waals surface area contributed by atoms with Gasteiger partial charge in [0.05, 0.1) is 0 Å². The lowest BCUT2D eigenvalue weighted by atomic mass is 10.1. The highest BCUT2D eigenvalue weighted by atomic mass is 127. The number of halogens is 1. The average molecular weight is 399 g/mol. The summed E-state index contributed by atoms with van der Waals surface area (Å²) in [6.07, 6.45) is 10.3. The van der Waals surface area contributed by atoms with Gasteiger partial charge in [0.1, 0.15) is 0 Å². The molecule has 0 N–H and O–H groups in total. The number of rotatable bonds is 7. The fourth-order valence-corrected chi connectivity index (χ4v) is 3.57. The van der Waals surface area contributed by atoms with Crippen molar-refractivity contribution in [2.75, 3.05) is 11.4 Å². The highest BCUT2D eigenvalue weighted by molar-refractivity contribution is 14.1. The zero-order valence-electron chi connectivity index (χ0n) is 13.0. The van der Waals surface area contributed by atoms with Crippen LogP contribution in [-0.2, 0) is 11.2 Å². The summed E-state index contributed by atoms with van der Waals surface area (Å²) in [6.45, 7) is 3.13. The first kappa shape index (κ1) is 16.8. The molecule has 0 atom stereocenters. The van der Waals surface area contributed by atoms with Gasteiger partial charge in [0, 0.05) is 22.2 Å². The molecule has 2 rings (SSSR count). The third-order valence-corrected chi connectivity index (χ3v) is 4.88. The van der Waals surface area contributed by atoms with E-state index < -0.39 is 0 Å². The van der Waals surface area contributed by atoms with Crippen LogP contribution in [0.3, 0.4) is 0 Å². The average Bonchev–Trinajstić information content (AvgIpc) is 2.61. The maximum absolute atomic E-state index is 12.4. The lowest BCUT2D eigenvalue weighted by Gasteiger charge is -2.23. The zero-order valence-corrected chi connectivity index (χ0v) is 15.2. The van der Waals surface area contributed by atoms with Crippen LogP contribution in [0.5, 0.6) is 0 Å². The summed E-state index contributed by atoms with van der Waals surface area (Å²) in [4.78, 5) is 14.4. The van der Waals surface area contributed by atoms with Gasteiger partial charge in [-0.15, -0.1) is 0 Å². The number of fused-ring (bicyclic) bond motifs is 1. The van der Waals surface area contributed by atoms with Crippen molar-refractivity contribution in [1.29, 1.82) is 0 Å². The Morgan fingerprint density at radius 1 is 1.10 bits per heavy atom. The first-order valence-corrected chi connectivity index (χ1v) is 9.39. The number of nitrogens with zero attached hydrogens (tertiary/aromatic N) is 1. The van der Waals surface area contributed by atoms with Crippen LogP contribution in [-0.4, -0.2) is 12.5 Å².